The number of anilines is 1. The summed E-state index contributed by atoms with van der Waals surface area (Å²) in [6, 6.07) is 12.9. The van der Waals surface area contributed by atoms with Gasteiger partial charge in [0.1, 0.15) is 0 Å². The summed E-state index contributed by atoms with van der Waals surface area (Å²) in [5.74, 6) is -2.57. The number of carbonyl (C=O) groups excluding carboxylic acids is 3. The molecule has 0 unspecified atom stereocenters. The molecule has 1 amide bonds. The molecule has 0 saturated heterocycles. The standard InChI is InChI=1S/C21H16FNO6/c1-27-18-9-8-13(11-15(18)22)17(24)12-29-21(26)14-5-2-3-6-16(14)23-20(25)19-7-4-10-28-19/h2-11H,12H2,1H3,(H,23,25). The van der Waals surface area contributed by atoms with Gasteiger partial charge in [0.15, 0.2) is 29.7 Å². The average molecular weight is 397 g/mol. The predicted octanol–water partition coefficient (Wildman–Crippen LogP) is 3.72. The van der Waals surface area contributed by atoms with Crippen molar-refractivity contribution < 1.29 is 32.7 Å². The molecule has 0 bridgehead atoms. The van der Waals surface area contributed by atoms with Gasteiger partial charge in [0.2, 0.25) is 0 Å². The first kappa shape index (κ1) is 19.8. The number of para-hydroxylation sites is 1. The van der Waals surface area contributed by atoms with Gasteiger partial charge < -0.3 is 19.2 Å². The lowest BCUT2D eigenvalue weighted by Crippen LogP contribution is -2.18. The van der Waals surface area contributed by atoms with Gasteiger partial charge >= 0.3 is 5.97 Å². The first-order valence-electron chi connectivity index (χ1n) is 8.47. The Morgan fingerprint density at radius 2 is 1.86 bits per heavy atom. The molecule has 148 valence electrons. The second-order valence-electron chi connectivity index (χ2n) is 5.83. The Labute approximate surface area is 165 Å². The number of carbonyl (C=O) groups is 3. The van der Waals surface area contributed by atoms with E-state index < -0.39 is 30.1 Å². The summed E-state index contributed by atoms with van der Waals surface area (Å²) in [6.45, 7) is -0.592. The Morgan fingerprint density at radius 1 is 1.07 bits per heavy atom. The van der Waals surface area contributed by atoms with Crippen LogP contribution in [0.1, 0.15) is 31.3 Å². The van der Waals surface area contributed by atoms with Crippen LogP contribution < -0.4 is 10.1 Å². The molecule has 3 rings (SSSR count). The van der Waals surface area contributed by atoms with E-state index >= 15 is 0 Å². The molecule has 1 heterocycles. The van der Waals surface area contributed by atoms with Crippen LogP contribution in [0.2, 0.25) is 0 Å². The molecule has 2 aromatic carbocycles. The molecular formula is C21H16FNO6. The minimum absolute atomic E-state index is 0.000212. The summed E-state index contributed by atoms with van der Waals surface area (Å²) in [6.07, 6.45) is 1.35. The highest BCUT2D eigenvalue weighted by Crippen LogP contribution is 2.20. The van der Waals surface area contributed by atoms with E-state index in [0.29, 0.717) is 0 Å². The van der Waals surface area contributed by atoms with Gasteiger partial charge in [0.25, 0.3) is 5.91 Å². The molecule has 0 aliphatic carbocycles. The summed E-state index contributed by atoms with van der Waals surface area (Å²) in [7, 11) is 1.31. The van der Waals surface area contributed by atoms with Crippen LogP contribution in [0, 0.1) is 5.82 Å². The van der Waals surface area contributed by atoms with Crippen LogP contribution in [0.15, 0.2) is 65.3 Å². The first-order chi connectivity index (χ1) is 14.0. The Hall–Kier alpha value is -3.94. The molecule has 0 aliphatic heterocycles. The van der Waals surface area contributed by atoms with Crippen molar-refractivity contribution in [1.82, 2.24) is 0 Å². The maximum absolute atomic E-state index is 13.7. The lowest BCUT2D eigenvalue weighted by atomic mass is 10.1. The number of halogens is 1. The van der Waals surface area contributed by atoms with E-state index in [1.54, 1.807) is 18.2 Å². The summed E-state index contributed by atoms with van der Waals surface area (Å²) >= 11 is 0. The van der Waals surface area contributed by atoms with Crippen molar-refractivity contribution in [3.05, 3.63) is 83.6 Å². The Kier molecular flexibility index (Phi) is 6.03. The lowest BCUT2D eigenvalue weighted by Gasteiger charge is -2.10. The van der Waals surface area contributed by atoms with E-state index in [1.165, 1.54) is 43.7 Å². The highest BCUT2D eigenvalue weighted by Gasteiger charge is 2.18. The van der Waals surface area contributed by atoms with Crippen molar-refractivity contribution in [3.63, 3.8) is 0 Å². The van der Waals surface area contributed by atoms with E-state index in [2.05, 4.69) is 5.32 Å². The van der Waals surface area contributed by atoms with Crippen LogP contribution >= 0.6 is 0 Å². The van der Waals surface area contributed by atoms with E-state index in [0.717, 1.165) is 6.07 Å². The van der Waals surface area contributed by atoms with Crippen LogP contribution in [-0.2, 0) is 4.74 Å². The number of rotatable bonds is 7. The number of amides is 1. The fourth-order valence-corrected chi connectivity index (χ4v) is 2.49. The number of ether oxygens (including phenoxy) is 2. The van der Waals surface area contributed by atoms with Crippen molar-refractivity contribution in [1.29, 1.82) is 0 Å². The predicted molar refractivity (Wildman–Crippen MR) is 101 cm³/mol. The molecule has 0 spiro atoms. The van der Waals surface area contributed by atoms with Crippen LogP contribution in [0.3, 0.4) is 0 Å². The molecule has 0 aliphatic rings. The number of benzene rings is 2. The van der Waals surface area contributed by atoms with Gasteiger partial charge in [-0.2, -0.15) is 0 Å². The maximum Gasteiger partial charge on any atom is 0.340 e. The third-order valence-electron chi connectivity index (χ3n) is 3.95. The average Bonchev–Trinajstić information content (AvgIpc) is 3.27. The third kappa shape index (κ3) is 4.67. The molecule has 1 N–H and O–H groups in total. The fourth-order valence-electron chi connectivity index (χ4n) is 2.49. The van der Waals surface area contributed by atoms with Crippen LogP contribution in [0.5, 0.6) is 5.75 Å². The summed E-state index contributed by atoms with van der Waals surface area (Å²) in [4.78, 5) is 36.7. The van der Waals surface area contributed by atoms with Gasteiger partial charge in [0.05, 0.1) is 24.6 Å². The minimum Gasteiger partial charge on any atom is -0.494 e. The van der Waals surface area contributed by atoms with Crippen LogP contribution in [-0.4, -0.2) is 31.4 Å². The summed E-state index contributed by atoms with van der Waals surface area (Å²) in [5.41, 5.74) is 0.290. The summed E-state index contributed by atoms with van der Waals surface area (Å²) in [5, 5.41) is 2.55. The smallest absolute Gasteiger partial charge is 0.340 e. The number of nitrogens with one attached hydrogen (secondary N) is 1. The molecular weight excluding hydrogens is 381 g/mol. The molecule has 0 atom stereocenters. The number of furan rings is 1. The normalized spacial score (nSPS) is 10.3. The van der Waals surface area contributed by atoms with E-state index in [9.17, 15) is 18.8 Å². The number of esters is 1. The molecule has 3 aromatic rings. The summed E-state index contributed by atoms with van der Waals surface area (Å²) < 4.78 is 28.6. The molecule has 1 aromatic heterocycles. The van der Waals surface area contributed by atoms with Crippen molar-refractivity contribution in [3.8, 4) is 5.75 Å². The number of Topliss-reactive ketones (excluding diaryl/α,β-unsaturated/α-hetero) is 1. The first-order valence-corrected chi connectivity index (χ1v) is 8.47. The van der Waals surface area contributed by atoms with Crippen molar-refractivity contribution >= 4 is 23.3 Å². The van der Waals surface area contributed by atoms with Gasteiger partial charge in [0, 0.05) is 5.56 Å². The highest BCUT2D eigenvalue weighted by atomic mass is 19.1. The van der Waals surface area contributed by atoms with Crippen molar-refractivity contribution in [2.75, 3.05) is 19.0 Å². The SMILES string of the molecule is COc1ccc(C(=O)COC(=O)c2ccccc2NC(=O)c2ccco2)cc1F. The second-order valence-corrected chi connectivity index (χ2v) is 5.83. The van der Waals surface area contributed by atoms with Crippen molar-refractivity contribution in [2.45, 2.75) is 0 Å². The second kappa shape index (κ2) is 8.83. The monoisotopic (exact) mass is 397 g/mol. The largest absolute Gasteiger partial charge is 0.494 e. The number of hydrogen-bond donors (Lipinski definition) is 1. The minimum atomic E-state index is -0.817. The molecule has 0 saturated carbocycles. The zero-order valence-corrected chi connectivity index (χ0v) is 15.3. The molecule has 29 heavy (non-hydrogen) atoms. The van der Waals surface area contributed by atoms with Gasteiger partial charge in [-0.3, -0.25) is 9.59 Å². The van der Waals surface area contributed by atoms with Gasteiger partial charge in [-0.25, -0.2) is 9.18 Å². The molecule has 0 fully saturated rings. The number of hydrogen-bond acceptors (Lipinski definition) is 6. The van der Waals surface area contributed by atoms with E-state index in [4.69, 9.17) is 13.9 Å². The molecule has 0 radical (unpaired) electrons. The Morgan fingerprint density at radius 3 is 2.55 bits per heavy atom. The van der Waals surface area contributed by atoms with Crippen LogP contribution in [0.4, 0.5) is 10.1 Å². The quantitative estimate of drug-likeness (QED) is 0.482. The molecule has 8 heteroatoms. The Balaban J connectivity index is 1.67. The Bertz CT molecular complexity index is 1050. The zero-order valence-electron chi connectivity index (χ0n) is 15.3. The van der Waals surface area contributed by atoms with Crippen LogP contribution in [0.25, 0.3) is 0 Å². The zero-order chi connectivity index (χ0) is 20.8. The number of ketones is 1. The van der Waals surface area contributed by atoms with E-state index in [-0.39, 0.29) is 28.3 Å². The van der Waals surface area contributed by atoms with Gasteiger partial charge in [-0.05, 0) is 42.5 Å². The topological polar surface area (TPSA) is 94.8 Å². The maximum atomic E-state index is 13.7. The van der Waals surface area contributed by atoms with Gasteiger partial charge in [-0.15, -0.1) is 0 Å². The van der Waals surface area contributed by atoms with E-state index in [1.807, 2.05) is 0 Å². The van der Waals surface area contributed by atoms with Crippen molar-refractivity contribution in [2.24, 2.45) is 0 Å². The lowest BCUT2D eigenvalue weighted by molar-refractivity contribution is 0.0475. The number of methoxy groups -OCH3 is 1. The van der Waals surface area contributed by atoms with Gasteiger partial charge in [-0.1, -0.05) is 12.1 Å². The highest BCUT2D eigenvalue weighted by molar-refractivity contribution is 6.07. The third-order valence-corrected chi connectivity index (χ3v) is 3.95. The fraction of sp³-hybridized carbons (Fsp3) is 0.0952. The molecule has 7 nitrogen and oxygen atoms in total.